The molecule has 1 atom stereocenters. The second-order valence-corrected chi connectivity index (χ2v) is 7.74. The SMILES string of the molecule is CCCCS(=O)(=O)N1CCCC1c1nc(C2CC2)no1. The lowest BCUT2D eigenvalue weighted by Crippen LogP contribution is -2.32. The number of nitrogens with zero attached hydrogens (tertiary/aromatic N) is 3. The number of sulfonamides is 1. The van der Waals surface area contributed by atoms with Crippen LogP contribution in [-0.4, -0.2) is 35.2 Å². The standard InChI is InChI=1S/C13H21N3O3S/c1-2-3-9-20(17,18)16-8-4-5-11(16)13-14-12(15-19-13)10-6-7-10/h10-11H,2-9H2,1H3. The molecular weight excluding hydrogens is 278 g/mol. The van der Waals surface area contributed by atoms with Gasteiger partial charge in [0.1, 0.15) is 6.04 Å². The average Bonchev–Trinajstić information content (AvgIpc) is 2.96. The van der Waals surface area contributed by atoms with Gasteiger partial charge in [-0.1, -0.05) is 18.5 Å². The quantitative estimate of drug-likeness (QED) is 0.805. The minimum absolute atomic E-state index is 0.212. The fraction of sp³-hybridized carbons (Fsp3) is 0.846. The zero-order valence-corrected chi connectivity index (χ0v) is 12.6. The molecular formula is C13H21N3O3S. The zero-order chi connectivity index (χ0) is 14.2. The van der Waals surface area contributed by atoms with Gasteiger partial charge in [0, 0.05) is 12.5 Å². The number of hydrogen-bond acceptors (Lipinski definition) is 5. The van der Waals surface area contributed by atoms with E-state index in [1.165, 1.54) is 0 Å². The van der Waals surface area contributed by atoms with Crippen LogP contribution in [0.3, 0.4) is 0 Å². The zero-order valence-electron chi connectivity index (χ0n) is 11.8. The van der Waals surface area contributed by atoms with Crippen LogP contribution < -0.4 is 0 Å². The van der Waals surface area contributed by atoms with Crippen LogP contribution in [-0.2, 0) is 10.0 Å². The maximum absolute atomic E-state index is 12.4. The Morgan fingerprint density at radius 3 is 2.85 bits per heavy atom. The molecule has 0 N–H and O–H groups in total. The van der Waals surface area contributed by atoms with Crippen molar-refractivity contribution in [3.8, 4) is 0 Å². The number of rotatable bonds is 6. The predicted octanol–water partition coefficient (Wildman–Crippen LogP) is 2.21. The molecule has 0 aromatic carbocycles. The van der Waals surface area contributed by atoms with Crippen LogP contribution in [0.25, 0.3) is 0 Å². The van der Waals surface area contributed by atoms with E-state index in [0.29, 0.717) is 24.8 Å². The Morgan fingerprint density at radius 1 is 1.35 bits per heavy atom. The van der Waals surface area contributed by atoms with E-state index in [9.17, 15) is 8.42 Å². The Morgan fingerprint density at radius 2 is 2.15 bits per heavy atom. The molecule has 3 rings (SSSR count). The van der Waals surface area contributed by atoms with E-state index in [1.54, 1.807) is 4.31 Å². The molecule has 2 heterocycles. The number of hydrogen-bond donors (Lipinski definition) is 0. The summed E-state index contributed by atoms with van der Waals surface area (Å²) < 4.78 is 31.6. The van der Waals surface area contributed by atoms with Gasteiger partial charge in [0.15, 0.2) is 5.82 Å². The Balaban J connectivity index is 1.77. The van der Waals surface area contributed by atoms with Gasteiger partial charge >= 0.3 is 0 Å². The average molecular weight is 299 g/mol. The Bertz CT molecular complexity index is 565. The van der Waals surface area contributed by atoms with E-state index < -0.39 is 10.0 Å². The molecule has 2 aliphatic rings. The molecule has 1 saturated heterocycles. The molecule has 1 aromatic rings. The van der Waals surface area contributed by atoms with E-state index in [0.717, 1.165) is 37.9 Å². The van der Waals surface area contributed by atoms with Gasteiger partial charge in [-0.2, -0.15) is 9.29 Å². The molecule has 1 aliphatic carbocycles. The van der Waals surface area contributed by atoms with Crippen LogP contribution in [0.5, 0.6) is 0 Å². The molecule has 0 spiro atoms. The maximum atomic E-state index is 12.4. The van der Waals surface area contributed by atoms with Gasteiger partial charge < -0.3 is 4.52 Å². The van der Waals surface area contributed by atoms with Crippen molar-refractivity contribution in [1.29, 1.82) is 0 Å². The Kier molecular flexibility index (Phi) is 3.81. The normalized spacial score (nSPS) is 24.4. The highest BCUT2D eigenvalue weighted by Crippen LogP contribution is 2.40. The molecule has 112 valence electrons. The summed E-state index contributed by atoms with van der Waals surface area (Å²) in [7, 11) is -3.21. The molecule has 1 aromatic heterocycles. The smallest absolute Gasteiger partial charge is 0.245 e. The molecule has 0 radical (unpaired) electrons. The van der Waals surface area contributed by atoms with Crippen molar-refractivity contribution in [3.63, 3.8) is 0 Å². The number of unbranched alkanes of at least 4 members (excludes halogenated alkanes) is 1. The highest BCUT2D eigenvalue weighted by molar-refractivity contribution is 7.89. The van der Waals surface area contributed by atoms with Crippen molar-refractivity contribution in [2.24, 2.45) is 0 Å². The third-order valence-electron chi connectivity index (χ3n) is 4.00. The third-order valence-corrected chi connectivity index (χ3v) is 5.96. The van der Waals surface area contributed by atoms with Gasteiger partial charge in [-0.25, -0.2) is 8.42 Å². The summed E-state index contributed by atoms with van der Waals surface area (Å²) in [6.45, 7) is 2.56. The maximum Gasteiger partial charge on any atom is 0.245 e. The van der Waals surface area contributed by atoms with Crippen LogP contribution in [0.4, 0.5) is 0 Å². The molecule has 1 saturated carbocycles. The first-order chi connectivity index (χ1) is 9.62. The lowest BCUT2D eigenvalue weighted by atomic mass is 10.2. The molecule has 1 aliphatic heterocycles. The van der Waals surface area contributed by atoms with Crippen molar-refractivity contribution in [3.05, 3.63) is 11.7 Å². The Hall–Kier alpha value is -0.950. The first kappa shape index (κ1) is 14.0. The van der Waals surface area contributed by atoms with Gasteiger partial charge in [0.05, 0.1) is 5.75 Å². The van der Waals surface area contributed by atoms with Crippen molar-refractivity contribution >= 4 is 10.0 Å². The molecule has 0 bridgehead atoms. The molecule has 7 heteroatoms. The first-order valence-electron chi connectivity index (χ1n) is 7.45. The monoisotopic (exact) mass is 299 g/mol. The predicted molar refractivity (Wildman–Crippen MR) is 73.6 cm³/mol. The van der Waals surface area contributed by atoms with E-state index in [4.69, 9.17) is 4.52 Å². The van der Waals surface area contributed by atoms with Crippen molar-refractivity contribution < 1.29 is 12.9 Å². The fourth-order valence-corrected chi connectivity index (χ4v) is 4.53. The lowest BCUT2D eigenvalue weighted by Gasteiger charge is -2.21. The fourth-order valence-electron chi connectivity index (χ4n) is 2.65. The highest BCUT2D eigenvalue weighted by Gasteiger charge is 2.39. The minimum atomic E-state index is -3.21. The van der Waals surface area contributed by atoms with Gasteiger partial charge in [-0.3, -0.25) is 0 Å². The van der Waals surface area contributed by atoms with Gasteiger partial charge in [0.2, 0.25) is 15.9 Å². The largest absolute Gasteiger partial charge is 0.338 e. The highest BCUT2D eigenvalue weighted by atomic mass is 32.2. The topological polar surface area (TPSA) is 76.3 Å². The van der Waals surface area contributed by atoms with Crippen LogP contribution >= 0.6 is 0 Å². The molecule has 0 amide bonds. The summed E-state index contributed by atoms with van der Waals surface area (Å²) in [4.78, 5) is 4.41. The van der Waals surface area contributed by atoms with Gasteiger partial charge in [-0.05, 0) is 32.1 Å². The van der Waals surface area contributed by atoms with E-state index in [-0.39, 0.29) is 11.8 Å². The molecule has 20 heavy (non-hydrogen) atoms. The lowest BCUT2D eigenvalue weighted by molar-refractivity contribution is 0.289. The van der Waals surface area contributed by atoms with Crippen LogP contribution in [0.1, 0.15) is 69.1 Å². The van der Waals surface area contributed by atoms with Crippen molar-refractivity contribution in [2.75, 3.05) is 12.3 Å². The molecule has 2 fully saturated rings. The van der Waals surface area contributed by atoms with E-state index >= 15 is 0 Å². The van der Waals surface area contributed by atoms with Crippen LogP contribution in [0.2, 0.25) is 0 Å². The Labute approximate surface area is 119 Å². The van der Waals surface area contributed by atoms with Gasteiger partial charge in [-0.15, -0.1) is 0 Å². The summed E-state index contributed by atoms with van der Waals surface area (Å²) in [5.74, 6) is 1.87. The first-order valence-corrected chi connectivity index (χ1v) is 9.05. The molecule has 1 unspecified atom stereocenters. The summed E-state index contributed by atoms with van der Waals surface area (Å²) in [6, 6.07) is -0.253. The van der Waals surface area contributed by atoms with Crippen LogP contribution in [0, 0.1) is 0 Å². The third kappa shape index (κ3) is 2.74. The minimum Gasteiger partial charge on any atom is -0.338 e. The summed E-state index contributed by atoms with van der Waals surface area (Å²) in [5, 5.41) is 3.99. The van der Waals surface area contributed by atoms with E-state index in [2.05, 4.69) is 10.1 Å². The van der Waals surface area contributed by atoms with Crippen LogP contribution in [0.15, 0.2) is 4.52 Å². The molecule has 6 nitrogen and oxygen atoms in total. The van der Waals surface area contributed by atoms with Crippen molar-refractivity contribution in [2.45, 2.75) is 57.4 Å². The second-order valence-electron chi connectivity index (χ2n) is 5.70. The van der Waals surface area contributed by atoms with Crippen molar-refractivity contribution in [1.82, 2.24) is 14.4 Å². The second kappa shape index (κ2) is 5.44. The summed E-state index contributed by atoms with van der Waals surface area (Å²) in [5.41, 5.74) is 0. The summed E-state index contributed by atoms with van der Waals surface area (Å²) >= 11 is 0. The number of aromatic nitrogens is 2. The van der Waals surface area contributed by atoms with E-state index in [1.807, 2.05) is 6.92 Å². The van der Waals surface area contributed by atoms with Gasteiger partial charge in [0.25, 0.3) is 0 Å². The summed E-state index contributed by atoms with van der Waals surface area (Å²) in [6.07, 6.45) is 5.44.